The lowest BCUT2D eigenvalue weighted by molar-refractivity contribution is -0.141. The van der Waals surface area contributed by atoms with Gasteiger partial charge in [-0.15, -0.1) is 16.4 Å². The van der Waals surface area contributed by atoms with Crippen LogP contribution in [0.3, 0.4) is 0 Å². The van der Waals surface area contributed by atoms with Gasteiger partial charge in [-0.2, -0.15) is 0 Å². The summed E-state index contributed by atoms with van der Waals surface area (Å²) in [7, 11) is 0.684. The molecule has 7 aliphatic heterocycles. The van der Waals surface area contributed by atoms with Crippen LogP contribution in [0.25, 0.3) is 0 Å². The summed E-state index contributed by atoms with van der Waals surface area (Å²) in [6.45, 7) is 6.90. The molecule has 4 atom stereocenters. The van der Waals surface area contributed by atoms with Gasteiger partial charge in [0, 0.05) is 81.5 Å². The second-order valence-electron chi connectivity index (χ2n) is 16.8. The van der Waals surface area contributed by atoms with Gasteiger partial charge in [0.05, 0.1) is 52.0 Å². The lowest BCUT2D eigenvalue weighted by Crippen LogP contribution is -2.55. The number of rotatable bonds is 6. The molecule has 3 aromatic rings. The largest absolute Gasteiger partial charge is 0.352 e. The smallest absolute Gasteiger partial charge is 0.240 e. The van der Waals surface area contributed by atoms with Crippen LogP contribution in [-0.2, 0) is 43.7 Å². The lowest BCUT2D eigenvalue weighted by atomic mass is 9.96. The molecule has 8 bridgehead atoms. The number of carbonyl (C=O) groups excluding carboxylic acids is 3. The summed E-state index contributed by atoms with van der Waals surface area (Å²) in [4.78, 5) is 59.3. The number of benzene rings is 1. The molecule has 4 saturated heterocycles. The fourth-order valence-electron chi connectivity index (χ4n) is 9.49. The Kier molecular flexibility index (Phi) is 11.1. The van der Waals surface area contributed by atoms with Crippen LogP contribution in [0, 0.1) is 6.92 Å². The third-order valence-corrected chi connectivity index (χ3v) is 14.7. The second kappa shape index (κ2) is 15.9. The first-order chi connectivity index (χ1) is 26.8. The number of carbonyl (C=O) groups is 3. The van der Waals surface area contributed by atoms with E-state index in [1.807, 2.05) is 41.7 Å². The van der Waals surface area contributed by atoms with Gasteiger partial charge in [0.15, 0.2) is 9.84 Å². The number of piperidine rings is 2. The molecular formula is C39H54N10O5S2. The fraction of sp³-hybridized carbons (Fsp3) is 0.641. The number of aromatic nitrogens is 4. The van der Waals surface area contributed by atoms with E-state index in [4.69, 9.17) is 4.98 Å². The zero-order valence-electron chi connectivity index (χ0n) is 32.8. The zero-order valence-corrected chi connectivity index (χ0v) is 34.5. The minimum absolute atomic E-state index is 0.0255. The molecule has 0 radical (unpaired) electrons. The highest BCUT2D eigenvalue weighted by Gasteiger charge is 2.46. The Bertz CT molecular complexity index is 2040. The van der Waals surface area contributed by atoms with Crippen LogP contribution >= 0.6 is 11.3 Å². The van der Waals surface area contributed by atoms with Crippen molar-refractivity contribution >= 4 is 38.9 Å². The number of aryl methyl sites for hydroxylation is 1. The quantitative estimate of drug-likeness (QED) is 0.388. The highest BCUT2D eigenvalue weighted by molar-refractivity contribution is 7.90. The molecule has 0 unspecified atom stereocenters. The second-order valence-corrected chi connectivity index (χ2v) is 20.0. The maximum atomic E-state index is 14.5. The number of thiazole rings is 1. The number of fused-ring (bicyclic) bond motifs is 2. The van der Waals surface area contributed by atoms with Gasteiger partial charge in [-0.3, -0.25) is 24.2 Å². The molecule has 7 aliphatic rings. The highest BCUT2D eigenvalue weighted by atomic mass is 32.2. The number of likely N-dealkylation sites (tertiary alicyclic amines) is 1. The lowest BCUT2D eigenvalue weighted by Gasteiger charge is -2.41. The summed E-state index contributed by atoms with van der Waals surface area (Å²) in [6.07, 6.45) is 7.75. The Morgan fingerprint density at radius 2 is 1.57 bits per heavy atom. The molecule has 17 heteroatoms. The number of amides is 3. The van der Waals surface area contributed by atoms with Crippen molar-refractivity contribution in [2.75, 3.05) is 59.6 Å². The van der Waals surface area contributed by atoms with Crippen LogP contribution in [0.2, 0.25) is 0 Å². The summed E-state index contributed by atoms with van der Waals surface area (Å²) >= 11 is 1.66. The van der Waals surface area contributed by atoms with Gasteiger partial charge < -0.3 is 20.0 Å². The summed E-state index contributed by atoms with van der Waals surface area (Å²) < 4.78 is 26.2. The first kappa shape index (κ1) is 39.1. The van der Waals surface area contributed by atoms with Crippen LogP contribution in [-0.4, -0.2) is 154 Å². The Labute approximate surface area is 333 Å². The predicted octanol–water partition coefficient (Wildman–Crippen LogP) is 1.84. The molecule has 9 heterocycles. The molecule has 56 heavy (non-hydrogen) atoms. The molecule has 1 N–H and O–H groups in total. The summed E-state index contributed by atoms with van der Waals surface area (Å²) in [5.74, 6) is 0.363. The summed E-state index contributed by atoms with van der Waals surface area (Å²) in [5.41, 5.74) is 2.59. The van der Waals surface area contributed by atoms with Gasteiger partial charge in [0.2, 0.25) is 17.7 Å². The van der Waals surface area contributed by atoms with Gasteiger partial charge in [0.25, 0.3) is 0 Å². The first-order valence-electron chi connectivity index (χ1n) is 20.0. The number of hydrogen-bond donors (Lipinski definition) is 1. The van der Waals surface area contributed by atoms with Crippen LogP contribution < -0.4 is 5.32 Å². The van der Waals surface area contributed by atoms with Gasteiger partial charge in [-0.1, -0.05) is 17.3 Å². The molecular weight excluding hydrogens is 753 g/mol. The van der Waals surface area contributed by atoms with Gasteiger partial charge >= 0.3 is 0 Å². The highest BCUT2D eigenvalue weighted by Crippen LogP contribution is 2.37. The van der Waals surface area contributed by atoms with Crippen molar-refractivity contribution in [2.45, 2.75) is 106 Å². The van der Waals surface area contributed by atoms with Crippen LogP contribution in [0.5, 0.6) is 0 Å². The van der Waals surface area contributed by atoms with E-state index in [2.05, 4.69) is 30.3 Å². The molecule has 4 fully saturated rings. The zero-order chi connectivity index (χ0) is 39.3. The number of hydrogen-bond acceptors (Lipinski definition) is 12. The van der Waals surface area contributed by atoms with Crippen molar-refractivity contribution in [2.24, 2.45) is 0 Å². The van der Waals surface area contributed by atoms with Crippen molar-refractivity contribution in [1.82, 2.24) is 49.8 Å². The SMILES string of the molecule is Cc1sc2nc1CC(=O)N[C@H]1C[C@@H](C(=O)N3CCC(CC3)N3C[C@@H](n4cc(CN(C)C)nn4)C[C@H]3C(=O)N3CCC2CC3)N(Cc2ccc(S(C)(=O)=O)cc2)C1. The van der Waals surface area contributed by atoms with Crippen molar-refractivity contribution in [3.63, 3.8) is 0 Å². The molecule has 302 valence electrons. The monoisotopic (exact) mass is 806 g/mol. The van der Waals surface area contributed by atoms with Gasteiger partial charge in [0.1, 0.15) is 0 Å². The number of nitrogens with one attached hydrogen (secondary N) is 1. The minimum atomic E-state index is -3.34. The average Bonchev–Trinajstić information content (AvgIpc) is 3.97. The molecule has 1 aromatic carbocycles. The van der Waals surface area contributed by atoms with E-state index >= 15 is 0 Å². The Morgan fingerprint density at radius 1 is 0.893 bits per heavy atom. The fourth-order valence-corrected chi connectivity index (χ4v) is 11.2. The molecule has 15 nitrogen and oxygen atoms in total. The molecule has 3 amide bonds. The topological polar surface area (TPSA) is 157 Å². The van der Waals surface area contributed by atoms with Crippen molar-refractivity contribution in [3.8, 4) is 0 Å². The van der Waals surface area contributed by atoms with E-state index in [0.29, 0.717) is 65.2 Å². The molecule has 0 spiro atoms. The Hall–Kier alpha value is -3.77. The van der Waals surface area contributed by atoms with E-state index in [9.17, 15) is 22.8 Å². The predicted molar refractivity (Wildman–Crippen MR) is 211 cm³/mol. The molecule has 0 saturated carbocycles. The third kappa shape index (κ3) is 8.28. The van der Waals surface area contributed by atoms with Gasteiger partial charge in [-0.05, 0) is 77.2 Å². The van der Waals surface area contributed by atoms with E-state index in [1.54, 1.807) is 35.6 Å². The Morgan fingerprint density at radius 3 is 2.25 bits per heavy atom. The van der Waals surface area contributed by atoms with Gasteiger partial charge in [-0.25, -0.2) is 18.1 Å². The molecule has 2 aromatic heterocycles. The van der Waals surface area contributed by atoms with Crippen LogP contribution in [0.4, 0.5) is 0 Å². The number of sulfone groups is 1. The minimum Gasteiger partial charge on any atom is -0.352 e. The van der Waals surface area contributed by atoms with E-state index in [-0.39, 0.29) is 59.1 Å². The van der Waals surface area contributed by atoms with Crippen molar-refractivity contribution < 1.29 is 22.8 Å². The normalized spacial score (nSPS) is 28.3. The van der Waals surface area contributed by atoms with Crippen molar-refractivity contribution in [1.29, 1.82) is 0 Å². The van der Waals surface area contributed by atoms with Crippen LogP contribution in [0.1, 0.15) is 77.3 Å². The Balaban J connectivity index is 1.06. The average molecular weight is 807 g/mol. The first-order valence-corrected chi connectivity index (χ1v) is 22.7. The molecule has 10 rings (SSSR count). The third-order valence-electron chi connectivity index (χ3n) is 12.4. The summed E-state index contributed by atoms with van der Waals surface area (Å²) in [5, 5.41) is 13.2. The van der Waals surface area contributed by atoms with E-state index < -0.39 is 15.9 Å². The van der Waals surface area contributed by atoms with E-state index in [1.165, 1.54) is 6.26 Å². The van der Waals surface area contributed by atoms with E-state index in [0.717, 1.165) is 52.5 Å². The number of nitrogens with zero attached hydrogens (tertiary/aromatic N) is 9. The van der Waals surface area contributed by atoms with Crippen LogP contribution in [0.15, 0.2) is 35.4 Å². The standard InChI is InChI=1S/C39H54N10O5S2/c1-25-33-19-36(50)40-28-17-34(47(22-28)20-26-5-7-32(8-6-26)56(4,53)54)38(51)46-15-11-30(12-16-46)48-24-31(49-23-29(42-43-49)21-44(2)3)18-35(48)39(52)45-13-9-27(10-14-45)37(41-33)55-25/h5-8,23,27-28,30-31,34-35H,9-22,24H2,1-4H3,(H,40,50)/t28-,31-,34-,35-/m0/s1. The van der Waals surface area contributed by atoms with Crippen molar-refractivity contribution in [3.05, 3.63) is 57.3 Å². The maximum absolute atomic E-state index is 14.5. The summed E-state index contributed by atoms with van der Waals surface area (Å²) in [6, 6.07) is 6.07. The maximum Gasteiger partial charge on any atom is 0.240 e. The molecule has 0 aliphatic carbocycles.